The smallest absolute Gasteiger partial charge is 0.188 e. The summed E-state index contributed by atoms with van der Waals surface area (Å²) in [6.07, 6.45) is 26.8. The van der Waals surface area contributed by atoms with Gasteiger partial charge in [0.25, 0.3) is 0 Å². The van der Waals surface area contributed by atoms with Crippen LogP contribution in [0, 0.1) is 10.8 Å². The number of Topliss-reactive ketones (excluding diaryl/α,β-unsaturated/α-hetero) is 2. The van der Waals surface area contributed by atoms with E-state index in [2.05, 4.69) is 26.0 Å². The molecule has 0 aromatic heterocycles. The molecule has 0 saturated heterocycles. The van der Waals surface area contributed by atoms with E-state index in [9.17, 15) is 19.8 Å². The largest absolute Gasteiger partial charge is 0.385 e. The monoisotopic (exact) mass is 582 g/mol. The first-order valence-electron chi connectivity index (χ1n) is 14.9. The second-order valence-electron chi connectivity index (χ2n) is 12.9. The number of aliphatic hydroxyl groups excluding tert-OH is 2. The number of allylic oxidation sites excluding steroid dienone is 19. The fourth-order valence-electron chi connectivity index (χ4n) is 5.33. The van der Waals surface area contributed by atoms with Crippen molar-refractivity contribution in [2.24, 2.45) is 10.8 Å². The van der Waals surface area contributed by atoms with Gasteiger partial charge in [-0.2, -0.15) is 0 Å². The molecule has 4 nitrogen and oxygen atoms in total. The molecule has 0 amide bonds. The second kappa shape index (κ2) is 15.2. The van der Waals surface area contributed by atoms with Crippen LogP contribution in [0.25, 0.3) is 0 Å². The molecule has 0 fully saturated rings. The van der Waals surface area contributed by atoms with Gasteiger partial charge in [-0.1, -0.05) is 135 Å². The van der Waals surface area contributed by atoms with Crippen molar-refractivity contribution >= 4 is 11.6 Å². The van der Waals surface area contributed by atoms with Crippen molar-refractivity contribution < 1.29 is 19.8 Å². The zero-order valence-electron chi connectivity index (χ0n) is 27.7. The van der Waals surface area contributed by atoms with E-state index in [1.165, 1.54) is 0 Å². The predicted octanol–water partition coefficient (Wildman–Crippen LogP) is 8.52. The Morgan fingerprint density at radius 3 is 1.47 bits per heavy atom. The van der Waals surface area contributed by atoms with Crippen LogP contribution in [0.4, 0.5) is 0 Å². The minimum atomic E-state index is -0.977. The van der Waals surface area contributed by atoms with Crippen molar-refractivity contribution in [3.05, 3.63) is 130 Å². The molecule has 0 aromatic rings. The van der Waals surface area contributed by atoms with Crippen LogP contribution in [0.2, 0.25) is 0 Å². The third kappa shape index (κ3) is 9.71. The number of ketones is 2. The average molecular weight is 583 g/mol. The van der Waals surface area contributed by atoms with Gasteiger partial charge in [0.2, 0.25) is 0 Å². The van der Waals surface area contributed by atoms with E-state index in [-0.39, 0.29) is 17.0 Å². The Kier molecular flexibility index (Phi) is 12.6. The fraction of sp³-hybridized carbons (Fsp3) is 0.385. The highest BCUT2D eigenvalue weighted by atomic mass is 16.3. The third-order valence-electron chi connectivity index (χ3n) is 8.20. The Morgan fingerprint density at radius 2 is 1.02 bits per heavy atom. The summed E-state index contributed by atoms with van der Waals surface area (Å²) in [5.41, 5.74) is 6.69. The minimum absolute atomic E-state index is 0.176. The summed E-state index contributed by atoms with van der Waals surface area (Å²) in [6, 6.07) is 0. The van der Waals surface area contributed by atoms with Gasteiger partial charge < -0.3 is 10.2 Å². The highest BCUT2D eigenvalue weighted by Gasteiger charge is 2.44. The normalized spacial score (nSPS) is 24.6. The fourth-order valence-corrected chi connectivity index (χ4v) is 5.33. The standard InChI is InChI=1S/C39H50O4/c1-26(17-13-19-28(3)21-23-32-30(5)35(41)34(40)25-38(32,7)8)15-11-12-16-27(2)18-14-20-29(4)22-24-33-31(6)36(42)37(43)39(33,9)10/h11-24,34,37,40,43H,25H2,1-10H3/b12-11+,17-13+,18-14+,23-21+,24-22+,26-15+,27-16+,28-19+,29-20+/t34-,37+/m0/s1. The molecular weight excluding hydrogens is 532 g/mol. The summed E-state index contributed by atoms with van der Waals surface area (Å²) in [7, 11) is 0. The van der Waals surface area contributed by atoms with Gasteiger partial charge in [0, 0.05) is 5.41 Å². The maximum absolute atomic E-state index is 12.2. The third-order valence-corrected chi connectivity index (χ3v) is 8.20. The highest BCUT2D eigenvalue weighted by Crippen LogP contribution is 2.41. The summed E-state index contributed by atoms with van der Waals surface area (Å²) in [5.74, 6) is -0.364. The number of rotatable bonds is 10. The Bertz CT molecular complexity index is 1440. The molecule has 2 rings (SSSR count). The van der Waals surface area contributed by atoms with Crippen LogP contribution in [0.5, 0.6) is 0 Å². The van der Waals surface area contributed by atoms with Crippen molar-refractivity contribution in [1.29, 1.82) is 0 Å². The lowest BCUT2D eigenvalue weighted by molar-refractivity contribution is -0.126. The van der Waals surface area contributed by atoms with Crippen LogP contribution in [0.1, 0.15) is 75.7 Å². The summed E-state index contributed by atoms with van der Waals surface area (Å²) >= 11 is 0. The molecule has 0 saturated carbocycles. The first-order valence-corrected chi connectivity index (χ1v) is 14.9. The molecular formula is C39H50O4. The summed E-state index contributed by atoms with van der Waals surface area (Å²) in [6.45, 7) is 19.6. The van der Waals surface area contributed by atoms with Crippen molar-refractivity contribution in [3.8, 4) is 0 Å². The van der Waals surface area contributed by atoms with Crippen LogP contribution in [0.15, 0.2) is 130 Å². The molecule has 0 spiro atoms. The van der Waals surface area contributed by atoms with Gasteiger partial charge in [0.15, 0.2) is 11.6 Å². The van der Waals surface area contributed by atoms with Gasteiger partial charge in [-0.15, -0.1) is 0 Å². The van der Waals surface area contributed by atoms with Crippen LogP contribution in [-0.4, -0.2) is 34.0 Å². The van der Waals surface area contributed by atoms with Gasteiger partial charge in [0.1, 0.15) is 12.2 Å². The first-order chi connectivity index (χ1) is 20.0. The first kappa shape index (κ1) is 35.6. The van der Waals surface area contributed by atoms with Crippen molar-refractivity contribution in [2.75, 3.05) is 0 Å². The molecule has 2 aliphatic rings. The molecule has 2 aliphatic carbocycles. The van der Waals surface area contributed by atoms with Crippen molar-refractivity contribution in [3.63, 3.8) is 0 Å². The van der Waals surface area contributed by atoms with Gasteiger partial charge >= 0.3 is 0 Å². The number of hydrogen-bond acceptors (Lipinski definition) is 4. The van der Waals surface area contributed by atoms with E-state index < -0.39 is 17.6 Å². The van der Waals surface area contributed by atoms with Gasteiger partial charge in [-0.3, -0.25) is 9.59 Å². The Morgan fingerprint density at radius 1 is 0.628 bits per heavy atom. The molecule has 0 aromatic carbocycles. The second-order valence-corrected chi connectivity index (χ2v) is 12.9. The van der Waals surface area contributed by atoms with Crippen molar-refractivity contribution in [1.82, 2.24) is 0 Å². The quantitative estimate of drug-likeness (QED) is 0.253. The lowest BCUT2D eigenvalue weighted by Crippen LogP contribution is -2.35. The summed E-state index contributed by atoms with van der Waals surface area (Å²) < 4.78 is 0. The highest BCUT2D eigenvalue weighted by molar-refractivity contribution is 6.03. The lowest BCUT2D eigenvalue weighted by Gasteiger charge is -2.34. The van der Waals surface area contributed by atoms with E-state index in [0.717, 1.165) is 33.4 Å². The van der Waals surface area contributed by atoms with E-state index in [4.69, 9.17) is 0 Å². The topological polar surface area (TPSA) is 74.6 Å². The molecule has 0 unspecified atom stereocenters. The molecule has 230 valence electrons. The summed E-state index contributed by atoms with van der Waals surface area (Å²) in [5, 5.41) is 20.2. The number of hydrogen-bond donors (Lipinski definition) is 2. The molecule has 43 heavy (non-hydrogen) atoms. The van der Waals surface area contributed by atoms with E-state index in [0.29, 0.717) is 17.6 Å². The Hall–Kier alpha value is -3.60. The van der Waals surface area contributed by atoms with Crippen LogP contribution in [0.3, 0.4) is 0 Å². The van der Waals surface area contributed by atoms with Gasteiger partial charge in [-0.25, -0.2) is 0 Å². The van der Waals surface area contributed by atoms with E-state index >= 15 is 0 Å². The average Bonchev–Trinajstić information content (AvgIpc) is 3.06. The molecule has 2 N–H and O–H groups in total. The molecule has 0 aliphatic heterocycles. The zero-order valence-corrected chi connectivity index (χ0v) is 27.7. The molecule has 2 atom stereocenters. The zero-order chi connectivity index (χ0) is 32.5. The Labute approximate surface area is 259 Å². The van der Waals surface area contributed by atoms with Gasteiger partial charge in [0.05, 0.1) is 0 Å². The van der Waals surface area contributed by atoms with Gasteiger partial charge in [-0.05, 0) is 75.7 Å². The number of carbonyl (C=O) groups is 2. The predicted molar refractivity (Wildman–Crippen MR) is 180 cm³/mol. The summed E-state index contributed by atoms with van der Waals surface area (Å²) in [4.78, 5) is 24.4. The van der Waals surface area contributed by atoms with Crippen molar-refractivity contribution in [2.45, 2.75) is 87.9 Å². The lowest BCUT2D eigenvalue weighted by atomic mass is 9.71. The van der Waals surface area contributed by atoms with E-state index in [1.54, 1.807) is 13.8 Å². The molecule has 4 heteroatoms. The number of aliphatic hydroxyl groups is 2. The van der Waals surface area contributed by atoms with Crippen LogP contribution in [-0.2, 0) is 9.59 Å². The number of carbonyl (C=O) groups excluding carboxylic acids is 2. The van der Waals surface area contributed by atoms with E-state index in [1.807, 2.05) is 114 Å². The van der Waals surface area contributed by atoms with Crippen LogP contribution >= 0.6 is 0 Å². The van der Waals surface area contributed by atoms with Crippen LogP contribution < -0.4 is 0 Å². The molecule has 0 radical (unpaired) electrons. The molecule has 0 bridgehead atoms. The Balaban J connectivity index is 1.94. The molecule has 0 heterocycles. The SMILES string of the molecule is CC1=C(/C=C/C(C)=C/C=C/C(C)=C/C=C/C=C(C)/C=C/C=C(C)/C=C/C2=C(C)C(=O)[C@@H](O)C2(C)C)C(C)(C)C[C@H](O)C1=O. The maximum atomic E-state index is 12.2. The maximum Gasteiger partial charge on any atom is 0.188 e. The minimum Gasteiger partial charge on any atom is -0.385 e.